The molecule has 18 heavy (non-hydrogen) atoms. The summed E-state index contributed by atoms with van der Waals surface area (Å²) in [5, 5.41) is 3.49. The van der Waals surface area contributed by atoms with Gasteiger partial charge in [-0.25, -0.2) is 0 Å². The van der Waals surface area contributed by atoms with E-state index in [0.29, 0.717) is 0 Å². The first kappa shape index (κ1) is 12.8. The van der Waals surface area contributed by atoms with Gasteiger partial charge in [0.1, 0.15) is 5.76 Å². The second kappa shape index (κ2) is 5.83. The molecule has 2 heterocycles. The molecule has 0 saturated carbocycles. The second-order valence-corrected chi connectivity index (χ2v) is 4.57. The molecular formula is C15H20N2O. The van der Waals surface area contributed by atoms with Crippen molar-refractivity contribution in [1.82, 2.24) is 10.3 Å². The number of aromatic nitrogens is 1. The van der Waals surface area contributed by atoms with Gasteiger partial charge in [0.2, 0.25) is 0 Å². The minimum Gasteiger partial charge on any atom is -0.469 e. The molecule has 0 fully saturated rings. The first-order valence-electron chi connectivity index (χ1n) is 6.39. The van der Waals surface area contributed by atoms with Crippen molar-refractivity contribution in [2.24, 2.45) is 0 Å². The van der Waals surface area contributed by atoms with Gasteiger partial charge in [-0.05, 0) is 38.1 Å². The van der Waals surface area contributed by atoms with Crippen LogP contribution in [0, 0.1) is 13.8 Å². The van der Waals surface area contributed by atoms with Gasteiger partial charge in [-0.2, -0.15) is 0 Å². The third kappa shape index (κ3) is 2.99. The molecule has 0 saturated heterocycles. The molecular weight excluding hydrogens is 224 g/mol. The number of aryl methyl sites for hydroxylation is 2. The highest BCUT2D eigenvalue weighted by Crippen LogP contribution is 2.21. The quantitative estimate of drug-likeness (QED) is 0.877. The van der Waals surface area contributed by atoms with Crippen molar-refractivity contribution in [2.75, 3.05) is 6.54 Å². The lowest BCUT2D eigenvalue weighted by molar-refractivity contribution is 0.509. The van der Waals surface area contributed by atoms with Crippen LogP contribution in [0.15, 0.2) is 35.1 Å². The molecule has 96 valence electrons. The monoisotopic (exact) mass is 244 g/mol. The fourth-order valence-electron chi connectivity index (χ4n) is 2.13. The van der Waals surface area contributed by atoms with Crippen LogP contribution in [0.1, 0.15) is 35.5 Å². The molecule has 0 aliphatic heterocycles. The average molecular weight is 244 g/mol. The maximum Gasteiger partial charge on any atom is 0.101 e. The lowest BCUT2D eigenvalue weighted by Crippen LogP contribution is -2.23. The summed E-state index contributed by atoms with van der Waals surface area (Å²) in [7, 11) is 0. The van der Waals surface area contributed by atoms with Gasteiger partial charge in [0.05, 0.1) is 6.26 Å². The second-order valence-electron chi connectivity index (χ2n) is 4.57. The van der Waals surface area contributed by atoms with E-state index in [2.05, 4.69) is 36.3 Å². The van der Waals surface area contributed by atoms with Crippen LogP contribution in [0.4, 0.5) is 0 Å². The third-order valence-electron chi connectivity index (χ3n) is 3.12. The first-order chi connectivity index (χ1) is 8.70. The molecule has 0 radical (unpaired) electrons. The van der Waals surface area contributed by atoms with Crippen LogP contribution in [0.3, 0.4) is 0 Å². The van der Waals surface area contributed by atoms with Crippen molar-refractivity contribution in [3.63, 3.8) is 0 Å². The Morgan fingerprint density at radius 3 is 2.83 bits per heavy atom. The Balaban J connectivity index is 2.19. The lowest BCUT2D eigenvalue weighted by Gasteiger charge is -2.16. The number of furan rings is 1. The molecule has 0 amide bonds. The number of nitrogens with one attached hydrogen (secondary N) is 1. The van der Waals surface area contributed by atoms with Crippen LogP contribution in [0.2, 0.25) is 0 Å². The molecule has 0 spiro atoms. The Bertz CT molecular complexity index is 505. The van der Waals surface area contributed by atoms with E-state index in [1.165, 1.54) is 11.1 Å². The molecule has 2 aromatic heterocycles. The summed E-state index contributed by atoms with van der Waals surface area (Å²) in [6.45, 7) is 7.12. The molecule has 2 aromatic rings. The first-order valence-corrected chi connectivity index (χ1v) is 6.39. The largest absolute Gasteiger partial charge is 0.469 e. The van der Waals surface area contributed by atoms with E-state index in [1.807, 2.05) is 25.5 Å². The maximum absolute atomic E-state index is 5.40. The minimum atomic E-state index is 0.265. The third-order valence-corrected chi connectivity index (χ3v) is 3.12. The summed E-state index contributed by atoms with van der Waals surface area (Å²) in [6.07, 6.45) is 4.58. The highest BCUT2D eigenvalue weighted by molar-refractivity contribution is 5.23. The van der Waals surface area contributed by atoms with E-state index in [-0.39, 0.29) is 6.04 Å². The molecule has 3 heteroatoms. The van der Waals surface area contributed by atoms with Crippen LogP contribution in [0.5, 0.6) is 0 Å². The van der Waals surface area contributed by atoms with Crippen molar-refractivity contribution in [2.45, 2.75) is 33.2 Å². The van der Waals surface area contributed by atoms with Gasteiger partial charge < -0.3 is 9.73 Å². The Hall–Kier alpha value is -1.61. The number of hydrogen-bond donors (Lipinski definition) is 1. The Morgan fingerprint density at radius 1 is 1.39 bits per heavy atom. The zero-order valence-corrected chi connectivity index (χ0v) is 11.2. The predicted octanol–water partition coefficient (Wildman–Crippen LogP) is 3.18. The Labute approximate surface area is 108 Å². The zero-order chi connectivity index (χ0) is 13.0. The molecule has 1 unspecified atom stereocenters. The van der Waals surface area contributed by atoms with Gasteiger partial charge in [-0.15, -0.1) is 0 Å². The molecule has 3 nitrogen and oxygen atoms in total. The molecule has 0 aromatic carbocycles. The van der Waals surface area contributed by atoms with Crippen molar-refractivity contribution in [1.29, 1.82) is 0 Å². The van der Waals surface area contributed by atoms with E-state index in [9.17, 15) is 0 Å². The van der Waals surface area contributed by atoms with Gasteiger partial charge in [0.15, 0.2) is 0 Å². The van der Waals surface area contributed by atoms with E-state index in [1.54, 1.807) is 0 Å². The Morgan fingerprint density at radius 2 is 2.22 bits per heavy atom. The van der Waals surface area contributed by atoms with Gasteiger partial charge in [-0.1, -0.05) is 13.0 Å². The van der Waals surface area contributed by atoms with Crippen molar-refractivity contribution in [3.05, 3.63) is 53.2 Å². The summed E-state index contributed by atoms with van der Waals surface area (Å²) < 4.78 is 5.40. The van der Waals surface area contributed by atoms with Crippen LogP contribution in [0.25, 0.3) is 0 Å². The SMILES string of the molecule is CCNC(Cc1ncccc1C)c1coc(C)c1. The summed E-state index contributed by atoms with van der Waals surface area (Å²) in [5.74, 6) is 0.950. The molecule has 0 bridgehead atoms. The highest BCUT2D eigenvalue weighted by atomic mass is 16.3. The zero-order valence-electron chi connectivity index (χ0n) is 11.2. The van der Waals surface area contributed by atoms with Crippen LogP contribution >= 0.6 is 0 Å². The normalized spacial score (nSPS) is 12.6. The topological polar surface area (TPSA) is 38.1 Å². The van der Waals surface area contributed by atoms with Crippen LogP contribution < -0.4 is 5.32 Å². The standard InChI is InChI=1S/C15H20N2O/c1-4-16-15(13-8-12(3)18-10-13)9-14-11(2)6-5-7-17-14/h5-8,10,15-16H,4,9H2,1-3H3. The summed E-state index contributed by atoms with van der Waals surface area (Å²) >= 11 is 0. The van der Waals surface area contributed by atoms with Crippen molar-refractivity contribution < 1.29 is 4.42 Å². The number of hydrogen-bond acceptors (Lipinski definition) is 3. The average Bonchev–Trinajstić information content (AvgIpc) is 2.78. The lowest BCUT2D eigenvalue weighted by atomic mass is 10.0. The van der Waals surface area contributed by atoms with Gasteiger partial charge in [0, 0.05) is 29.9 Å². The molecule has 2 rings (SSSR count). The molecule has 1 atom stereocenters. The Kier molecular flexibility index (Phi) is 4.15. The number of rotatable bonds is 5. The summed E-state index contributed by atoms with van der Waals surface area (Å²) in [6, 6.07) is 6.43. The van der Waals surface area contributed by atoms with Crippen LogP contribution in [-0.2, 0) is 6.42 Å². The summed E-state index contributed by atoms with van der Waals surface area (Å²) in [4.78, 5) is 4.46. The fraction of sp³-hybridized carbons (Fsp3) is 0.400. The van der Waals surface area contributed by atoms with E-state index in [4.69, 9.17) is 4.42 Å². The number of likely N-dealkylation sites (N-methyl/N-ethyl adjacent to an activating group) is 1. The molecule has 0 aliphatic rings. The van der Waals surface area contributed by atoms with E-state index in [0.717, 1.165) is 24.4 Å². The highest BCUT2D eigenvalue weighted by Gasteiger charge is 2.15. The van der Waals surface area contributed by atoms with Gasteiger partial charge >= 0.3 is 0 Å². The van der Waals surface area contributed by atoms with Crippen molar-refractivity contribution >= 4 is 0 Å². The smallest absolute Gasteiger partial charge is 0.101 e. The van der Waals surface area contributed by atoms with Crippen molar-refractivity contribution in [3.8, 4) is 0 Å². The van der Waals surface area contributed by atoms with Gasteiger partial charge in [-0.3, -0.25) is 4.98 Å². The summed E-state index contributed by atoms with van der Waals surface area (Å²) in [5.41, 5.74) is 3.57. The van der Waals surface area contributed by atoms with E-state index >= 15 is 0 Å². The van der Waals surface area contributed by atoms with Crippen LogP contribution in [-0.4, -0.2) is 11.5 Å². The van der Waals surface area contributed by atoms with Gasteiger partial charge in [0.25, 0.3) is 0 Å². The number of nitrogens with zero attached hydrogens (tertiary/aromatic N) is 1. The number of pyridine rings is 1. The molecule has 1 N–H and O–H groups in total. The fourth-order valence-corrected chi connectivity index (χ4v) is 2.13. The predicted molar refractivity (Wildman–Crippen MR) is 72.5 cm³/mol. The molecule has 0 aliphatic carbocycles. The minimum absolute atomic E-state index is 0.265. The van der Waals surface area contributed by atoms with E-state index < -0.39 is 0 Å². The maximum atomic E-state index is 5.40.